The number of nitrogens with zero attached hydrogens (tertiary/aromatic N) is 1. The fourth-order valence-corrected chi connectivity index (χ4v) is 2.56. The molecule has 0 aliphatic carbocycles. The summed E-state index contributed by atoms with van der Waals surface area (Å²) in [6.45, 7) is -0.181. The fraction of sp³-hybridized carbons (Fsp3) is 0.111. The van der Waals surface area contributed by atoms with E-state index in [-0.39, 0.29) is 18.2 Å². The van der Waals surface area contributed by atoms with Crippen molar-refractivity contribution in [2.24, 2.45) is 0 Å². The Morgan fingerprint density at radius 2 is 2.00 bits per heavy atom. The van der Waals surface area contributed by atoms with E-state index in [1.165, 1.54) is 7.11 Å². The van der Waals surface area contributed by atoms with Gasteiger partial charge in [0.1, 0.15) is 11.4 Å². The zero-order valence-electron chi connectivity index (χ0n) is 12.9. The number of benzene rings is 2. The van der Waals surface area contributed by atoms with Gasteiger partial charge in [-0.15, -0.1) is 0 Å². The normalized spacial score (nSPS) is 10.6. The molecule has 24 heavy (non-hydrogen) atoms. The van der Waals surface area contributed by atoms with Gasteiger partial charge in [-0.25, -0.2) is 4.98 Å². The number of pyridine rings is 1. The monoisotopic (exact) mass is 342 g/mol. The van der Waals surface area contributed by atoms with Crippen molar-refractivity contribution in [3.8, 4) is 5.75 Å². The van der Waals surface area contributed by atoms with E-state index in [0.717, 1.165) is 5.39 Å². The summed E-state index contributed by atoms with van der Waals surface area (Å²) >= 11 is 5.97. The van der Waals surface area contributed by atoms with Crippen LogP contribution in [0.4, 0.5) is 5.69 Å². The molecule has 1 heterocycles. The molecule has 3 aromatic rings. The average Bonchev–Trinajstić information content (AvgIpc) is 2.60. The van der Waals surface area contributed by atoms with Crippen molar-refractivity contribution in [3.63, 3.8) is 0 Å². The zero-order chi connectivity index (χ0) is 17.1. The summed E-state index contributed by atoms with van der Waals surface area (Å²) in [5.41, 5.74) is 2.08. The summed E-state index contributed by atoms with van der Waals surface area (Å²) in [5.74, 6) is 0.222. The summed E-state index contributed by atoms with van der Waals surface area (Å²) < 4.78 is 5.14. The molecule has 0 aliphatic heterocycles. The van der Waals surface area contributed by atoms with Crippen LogP contribution in [0.2, 0.25) is 5.02 Å². The third-order valence-electron chi connectivity index (χ3n) is 3.60. The Morgan fingerprint density at radius 1 is 1.21 bits per heavy atom. The smallest absolute Gasteiger partial charge is 0.274 e. The van der Waals surface area contributed by atoms with Crippen LogP contribution < -0.4 is 10.1 Å². The number of fused-ring (bicyclic) bond motifs is 1. The standard InChI is InChI=1S/C18H15ClN2O3/c1-24-17-7-5-14(8-12(17)10-22)20-18(23)15-6-3-11-2-4-13(19)9-16(11)21-15/h2-9,22H,10H2,1H3,(H,20,23). The van der Waals surface area contributed by atoms with Crippen LogP contribution >= 0.6 is 11.6 Å². The number of aliphatic hydroxyl groups excluding tert-OH is 1. The minimum atomic E-state index is -0.342. The minimum absolute atomic E-state index is 0.181. The van der Waals surface area contributed by atoms with Gasteiger partial charge in [0.25, 0.3) is 5.91 Å². The van der Waals surface area contributed by atoms with E-state index >= 15 is 0 Å². The van der Waals surface area contributed by atoms with E-state index in [0.29, 0.717) is 27.5 Å². The van der Waals surface area contributed by atoms with E-state index in [1.54, 1.807) is 36.4 Å². The first-order chi connectivity index (χ1) is 11.6. The van der Waals surface area contributed by atoms with Gasteiger partial charge in [-0.3, -0.25) is 4.79 Å². The Hall–Kier alpha value is -2.63. The molecule has 0 saturated carbocycles. The van der Waals surface area contributed by atoms with E-state index in [4.69, 9.17) is 16.3 Å². The second-order valence-electron chi connectivity index (χ2n) is 5.17. The van der Waals surface area contributed by atoms with Crippen LogP contribution in [0, 0.1) is 0 Å². The highest BCUT2D eigenvalue weighted by Crippen LogP contribution is 2.23. The van der Waals surface area contributed by atoms with Crippen molar-refractivity contribution >= 4 is 34.1 Å². The van der Waals surface area contributed by atoms with Gasteiger partial charge in [-0.05, 0) is 36.4 Å². The summed E-state index contributed by atoms with van der Waals surface area (Å²) in [4.78, 5) is 16.7. The Labute approximate surface area is 143 Å². The Balaban J connectivity index is 1.87. The Morgan fingerprint density at radius 3 is 2.75 bits per heavy atom. The molecule has 3 rings (SSSR count). The molecule has 0 saturated heterocycles. The average molecular weight is 343 g/mol. The lowest BCUT2D eigenvalue weighted by Crippen LogP contribution is -2.14. The number of anilines is 1. The number of rotatable bonds is 4. The molecule has 2 aromatic carbocycles. The third-order valence-corrected chi connectivity index (χ3v) is 3.83. The third kappa shape index (κ3) is 3.32. The molecule has 0 aliphatic rings. The molecule has 2 N–H and O–H groups in total. The number of methoxy groups -OCH3 is 1. The number of ether oxygens (including phenoxy) is 1. The molecule has 0 spiro atoms. The van der Waals surface area contributed by atoms with Gasteiger partial charge >= 0.3 is 0 Å². The molecule has 1 amide bonds. The minimum Gasteiger partial charge on any atom is -0.496 e. The van der Waals surface area contributed by atoms with Gasteiger partial charge in [-0.1, -0.05) is 23.7 Å². The SMILES string of the molecule is COc1ccc(NC(=O)c2ccc3ccc(Cl)cc3n2)cc1CO. The maximum Gasteiger partial charge on any atom is 0.274 e. The molecule has 6 heteroatoms. The number of halogens is 1. The van der Waals surface area contributed by atoms with Crippen LogP contribution in [-0.2, 0) is 6.61 Å². The zero-order valence-corrected chi connectivity index (χ0v) is 13.7. The molecule has 0 unspecified atom stereocenters. The lowest BCUT2D eigenvalue weighted by Gasteiger charge is -2.10. The highest BCUT2D eigenvalue weighted by Gasteiger charge is 2.11. The number of carbonyl (C=O) groups is 1. The molecule has 0 atom stereocenters. The van der Waals surface area contributed by atoms with Gasteiger partial charge in [0.05, 0.1) is 19.2 Å². The van der Waals surface area contributed by atoms with Crippen molar-refractivity contribution in [1.82, 2.24) is 4.98 Å². The lowest BCUT2D eigenvalue weighted by atomic mass is 10.1. The summed E-state index contributed by atoms with van der Waals surface area (Å²) in [6, 6.07) is 13.9. The summed E-state index contributed by atoms with van der Waals surface area (Å²) in [5, 5.41) is 13.6. The molecule has 122 valence electrons. The molecule has 0 fully saturated rings. The van der Waals surface area contributed by atoms with E-state index in [1.807, 2.05) is 12.1 Å². The molecular formula is C18H15ClN2O3. The van der Waals surface area contributed by atoms with Crippen molar-refractivity contribution in [2.45, 2.75) is 6.61 Å². The highest BCUT2D eigenvalue weighted by atomic mass is 35.5. The number of aliphatic hydroxyl groups is 1. The van der Waals surface area contributed by atoms with Crippen LogP contribution in [-0.4, -0.2) is 23.1 Å². The maximum atomic E-state index is 12.4. The predicted molar refractivity (Wildman–Crippen MR) is 93.6 cm³/mol. The molecule has 0 radical (unpaired) electrons. The number of carbonyl (C=O) groups excluding carboxylic acids is 1. The lowest BCUT2D eigenvalue weighted by molar-refractivity contribution is 0.102. The van der Waals surface area contributed by atoms with Gasteiger partial charge in [0.2, 0.25) is 0 Å². The number of nitrogens with one attached hydrogen (secondary N) is 1. The predicted octanol–water partition coefficient (Wildman–Crippen LogP) is 3.64. The largest absolute Gasteiger partial charge is 0.496 e. The number of aromatic nitrogens is 1. The fourth-order valence-electron chi connectivity index (χ4n) is 2.39. The Bertz CT molecular complexity index is 912. The Kier molecular flexibility index (Phi) is 4.64. The van der Waals surface area contributed by atoms with Gasteiger partial charge in [0.15, 0.2) is 0 Å². The van der Waals surface area contributed by atoms with Crippen LogP contribution in [0.15, 0.2) is 48.5 Å². The van der Waals surface area contributed by atoms with Crippen LogP contribution in [0.25, 0.3) is 10.9 Å². The van der Waals surface area contributed by atoms with Crippen LogP contribution in [0.3, 0.4) is 0 Å². The van der Waals surface area contributed by atoms with E-state index in [2.05, 4.69) is 10.3 Å². The van der Waals surface area contributed by atoms with Crippen LogP contribution in [0.1, 0.15) is 16.1 Å². The van der Waals surface area contributed by atoms with E-state index < -0.39 is 0 Å². The molecule has 0 bridgehead atoms. The van der Waals surface area contributed by atoms with Crippen molar-refractivity contribution in [3.05, 3.63) is 64.8 Å². The number of hydrogen-bond acceptors (Lipinski definition) is 4. The molecule has 1 aromatic heterocycles. The van der Waals surface area contributed by atoms with Crippen molar-refractivity contribution in [1.29, 1.82) is 0 Å². The van der Waals surface area contributed by atoms with Gasteiger partial charge in [-0.2, -0.15) is 0 Å². The number of hydrogen-bond donors (Lipinski definition) is 2. The van der Waals surface area contributed by atoms with Gasteiger partial charge < -0.3 is 15.2 Å². The molecular weight excluding hydrogens is 328 g/mol. The summed E-state index contributed by atoms with van der Waals surface area (Å²) in [7, 11) is 1.52. The second kappa shape index (κ2) is 6.86. The topological polar surface area (TPSA) is 71.5 Å². The van der Waals surface area contributed by atoms with E-state index in [9.17, 15) is 9.90 Å². The second-order valence-corrected chi connectivity index (χ2v) is 5.61. The highest BCUT2D eigenvalue weighted by molar-refractivity contribution is 6.31. The van der Waals surface area contributed by atoms with Gasteiger partial charge in [0, 0.05) is 21.7 Å². The first-order valence-corrected chi connectivity index (χ1v) is 7.64. The van der Waals surface area contributed by atoms with Crippen molar-refractivity contribution < 1.29 is 14.6 Å². The van der Waals surface area contributed by atoms with Crippen LogP contribution in [0.5, 0.6) is 5.75 Å². The molecule has 5 nitrogen and oxygen atoms in total. The first kappa shape index (κ1) is 16.2. The number of amides is 1. The quantitative estimate of drug-likeness (QED) is 0.759. The van der Waals surface area contributed by atoms with Crippen molar-refractivity contribution in [2.75, 3.05) is 12.4 Å². The summed E-state index contributed by atoms with van der Waals surface area (Å²) in [6.07, 6.45) is 0. The maximum absolute atomic E-state index is 12.4. The first-order valence-electron chi connectivity index (χ1n) is 7.26.